The van der Waals surface area contributed by atoms with E-state index in [0.717, 1.165) is 31.0 Å². The summed E-state index contributed by atoms with van der Waals surface area (Å²) in [5.41, 5.74) is -0.197. The van der Waals surface area contributed by atoms with Crippen LogP contribution in [0.2, 0.25) is 0 Å². The van der Waals surface area contributed by atoms with Crippen LogP contribution in [0.1, 0.15) is 29.6 Å². The van der Waals surface area contributed by atoms with Gasteiger partial charge < -0.3 is 15.2 Å². The monoisotopic (exact) mass is 267 g/mol. The van der Waals surface area contributed by atoms with Gasteiger partial charge in [-0.3, -0.25) is 4.79 Å². The molecule has 102 valence electrons. The van der Waals surface area contributed by atoms with E-state index in [1.807, 2.05) is 0 Å². The highest BCUT2D eigenvalue weighted by Gasteiger charge is 2.20. The lowest BCUT2D eigenvalue weighted by Crippen LogP contribution is -2.20. The predicted molar refractivity (Wildman–Crippen MR) is 65.6 cm³/mol. The summed E-state index contributed by atoms with van der Waals surface area (Å²) in [4.78, 5) is 22.5. The summed E-state index contributed by atoms with van der Waals surface area (Å²) in [6.45, 7) is 0.640. The van der Waals surface area contributed by atoms with Crippen molar-refractivity contribution in [2.45, 2.75) is 25.4 Å². The molecule has 5 nitrogen and oxygen atoms in total. The van der Waals surface area contributed by atoms with Crippen LogP contribution in [-0.4, -0.2) is 29.7 Å². The van der Waals surface area contributed by atoms with Gasteiger partial charge in [-0.05, 0) is 31.0 Å². The molecule has 1 saturated heterocycles. The molecule has 1 amide bonds. The van der Waals surface area contributed by atoms with Gasteiger partial charge in [-0.2, -0.15) is 0 Å². The van der Waals surface area contributed by atoms with Gasteiger partial charge in [0.2, 0.25) is 5.91 Å². The van der Waals surface area contributed by atoms with Gasteiger partial charge >= 0.3 is 5.97 Å². The Morgan fingerprint density at radius 3 is 2.89 bits per heavy atom. The lowest BCUT2D eigenvalue weighted by atomic mass is 10.1. The molecular formula is C13H14FNO4. The first-order valence-electron chi connectivity index (χ1n) is 6.00. The average Bonchev–Trinajstić information content (AvgIpc) is 2.84. The summed E-state index contributed by atoms with van der Waals surface area (Å²) >= 11 is 0. The number of ether oxygens (including phenoxy) is 1. The number of carbonyl (C=O) groups excluding carboxylic acids is 1. The minimum Gasteiger partial charge on any atom is -0.478 e. The Morgan fingerprint density at radius 2 is 2.26 bits per heavy atom. The fraction of sp³-hybridized carbons (Fsp3) is 0.385. The van der Waals surface area contributed by atoms with Crippen LogP contribution in [0.25, 0.3) is 0 Å². The molecule has 1 aliphatic rings. The number of benzene rings is 1. The quantitative estimate of drug-likeness (QED) is 0.875. The fourth-order valence-electron chi connectivity index (χ4n) is 1.97. The number of carbonyl (C=O) groups is 2. The zero-order valence-corrected chi connectivity index (χ0v) is 10.2. The highest BCUT2D eigenvalue weighted by Crippen LogP contribution is 2.19. The summed E-state index contributed by atoms with van der Waals surface area (Å²) in [7, 11) is 0. The molecule has 0 bridgehead atoms. The van der Waals surface area contributed by atoms with E-state index in [4.69, 9.17) is 9.84 Å². The third kappa shape index (κ3) is 3.51. The van der Waals surface area contributed by atoms with Gasteiger partial charge in [-0.15, -0.1) is 0 Å². The molecule has 0 radical (unpaired) electrons. The maximum absolute atomic E-state index is 13.5. The minimum absolute atomic E-state index is 0.0752. The third-order valence-electron chi connectivity index (χ3n) is 2.92. The average molecular weight is 267 g/mol. The molecule has 2 rings (SSSR count). The van der Waals surface area contributed by atoms with E-state index >= 15 is 0 Å². The molecule has 0 aromatic heterocycles. The van der Waals surface area contributed by atoms with Gasteiger partial charge in [-0.25, -0.2) is 9.18 Å². The molecule has 0 saturated carbocycles. The van der Waals surface area contributed by atoms with Crippen molar-refractivity contribution in [1.29, 1.82) is 0 Å². The molecule has 19 heavy (non-hydrogen) atoms. The Balaban J connectivity index is 2.02. The lowest BCUT2D eigenvalue weighted by Gasteiger charge is -2.10. The number of rotatable bonds is 4. The van der Waals surface area contributed by atoms with Gasteiger partial charge in [0.05, 0.1) is 23.8 Å². The van der Waals surface area contributed by atoms with Crippen LogP contribution < -0.4 is 5.32 Å². The highest BCUT2D eigenvalue weighted by molar-refractivity contribution is 5.94. The van der Waals surface area contributed by atoms with Crippen molar-refractivity contribution in [2.75, 3.05) is 11.9 Å². The summed E-state index contributed by atoms with van der Waals surface area (Å²) in [5.74, 6) is -2.21. The van der Waals surface area contributed by atoms with Crippen molar-refractivity contribution in [1.82, 2.24) is 0 Å². The molecule has 0 spiro atoms. The number of nitrogens with one attached hydrogen (secondary N) is 1. The second kappa shape index (κ2) is 5.79. The Hall–Kier alpha value is -1.95. The summed E-state index contributed by atoms with van der Waals surface area (Å²) in [6, 6.07) is 3.27. The molecule has 1 heterocycles. The number of halogens is 1. The maximum atomic E-state index is 13.5. The Bertz CT molecular complexity index is 497. The van der Waals surface area contributed by atoms with Crippen LogP contribution in [0, 0.1) is 5.82 Å². The highest BCUT2D eigenvalue weighted by atomic mass is 19.1. The van der Waals surface area contributed by atoms with E-state index in [-0.39, 0.29) is 29.7 Å². The van der Waals surface area contributed by atoms with E-state index < -0.39 is 11.8 Å². The number of anilines is 1. The van der Waals surface area contributed by atoms with Gasteiger partial charge in [0.15, 0.2) is 0 Å². The number of aromatic carboxylic acids is 1. The van der Waals surface area contributed by atoms with Crippen LogP contribution in [-0.2, 0) is 9.53 Å². The van der Waals surface area contributed by atoms with Crippen molar-refractivity contribution >= 4 is 17.6 Å². The van der Waals surface area contributed by atoms with Crippen molar-refractivity contribution in [3.63, 3.8) is 0 Å². The first-order valence-corrected chi connectivity index (χ1v) is 6.00. The Labute approximate surface area is 109 Å². The largest absolute Gasteiger partial charge is 0.478 e. The van der Waals surface area contributed by atoms with Crippen molar-refractivity contribution < 1.29 is 23.8 Å². The number of hydrogen-bond acceptors (Lipinski definition) is 3. The first kappa shape index (κ1) is 13.5. The molecule has 1 atom stereocenters. The molecule has 1 aliphatic heterocycles. The number of carboxylic acid groups (broad SMARTS) is 1. The predicted octanol–water partition coefficient (Wildman–Crippen LogP) is 2.03. The van der Waals surface area contributed by atoms with Crippen LogP contribution in [0.5, 0.6) is 0 Å². The second-order valence-electron chi connectivity index (χ2n) is 4.39. The molecule has 2 N–H and O–H groups in total. The summed E-state index contributed by atoms with van der Waals surface area (Å²) < 4.78 is 18.8. The summed E-state index contributed by atoms with van der Waals surface area (Å²) in [6.07, 6.45) is 1.74. The molecule has 1 aromatic carbocycles. The smallest absolute Gasteiger partial charge is 0.335 e. The van der Waals surface area contributed by atoms with Crippen LogP contribution in [0.4, 0.5) is 10.1 Å². The fourth-order valence-corrected chi connectivity index (χ4v) is 1.97. The Kier molecular flexibility index (Phi) is 4.11. The minimum atomic E-state index is -1.17. The van der Waals surface area contributed by atoms with Crippen molar-refractivity contribution in [2.24, 2.45) is 0 Å². The molecule has 0 aliphatic carbocycles. The van der Waals surface area contributed by atoms with Crippen molar-refractivity contribution in [3.8, 4) is 0 Å². The zero-order chi connectivity index (χ0) is 13.8. The SMILES string of the molecule is O=C(CC1CCCO1)Nc1cc(C(=O)O)ccc1F. The first-order chi connectivity index (χ1) is 9.06. The van der Waals surface area contributed by atoms with E-state index in [1.54, 1.807) is 0 Å². The second-order valence-corrected chi connectivity index (χ2v) is 4.39. The summed E-state index contributed by atoms with van der Waals surface area (Å²) in [5, 5.41) is 11.2. The Morgan fingerprint density at radius 1 is 1.47 bits per heavy atom. The van der Waals surface area contributed by atoms with Crippen LogP contribution >= 0.6 is 0 Å². The molecule has 1 aromatic rings. The maximum Gasteiger partial charge on any atom is 0.335 e. The molecule has 1 unspecified atom stereocenters. The van der Waals surface area contributed by atoms with Crippen molar-refractivity contribution in [3.05, 3.63) is 29.6 Å². The number of amides is 1. The van der Waals surface area contributed by atoms with E-state index in [0.29, 0.717) is 6.61 Å². The molecular weight excluding hydrogens is 253 g/mol. The van der Waals surface area contributed by atoms with Gasteiger partial charge in [0.1, 0.15) is 5.82 Å². The third-order valence-corrected chi connectivity index (χ3v) is 2.92. The standard InChI is InChI=1S/C13H14FNO4/c14-10-4-3-8(13(17)18)6-11(10)15-12(16)7-9-2-1-5-19-9/h3-4,6,9H,1-2,5,7H2,(H,15,16)(H,17,18). The lowest BCUT2D eigenvalue weighted by molar-refractivity contribution is -0.118. The zero-order valence-electron chi connectivity index (χ0n) is 10.2. The van der Waals surface area contributed by atoms with E-state index in [1.165, 1.54) is 0 Å². The van der Waals surface area contributed by atoms with Crippen LogP contribution in [0.15, 0.2) is 18.2 Å². The number of carboxylic acids is 1. The van der Waals surface area contributed by atoms with Crippen LogP contribution in [0.3, 0.4) is 0 Å². The number of hydrogen-bond donors (Lipinski definition) is 2. The van der Waals surface area contributed by atoms with Gasteiger partial charge in [0.25, 0.3) is 0 Å². The van der Waals surface area contributed by atoms with E-state index in [9.17, 15) is 14.0 Å². The normalized spacial score (nSPS) is 18.3. The molecule has 6 heteroatoms. The molecule has 1 fully saturated rings. The topological polar surface area (TPSA) is 75.6 Å². The van der Waals surface area contributed by atoms with Gasteiger partial charge in [0, 0.05) is 6.61 Å². The van der Waals surface area contributed by atoms with Gasteiger partial charge in [-0.1, -0.05) is 0 Å². The van der Waals surface area contributed by atoms with E-state index in [2.05, 4.69) is 5.32 Å².